The van der Waals surface area contributed by atoms with Gasteiger partial charge < -0.3 is 4.90 Å². The van der Waals surface area contributed by atoms with Gasteiger partial charge in [-0.25, -0.2) is 4.39 Å². The quantitative estimate of drug-likeness (QED) is 0.845. The lowest BCUT2D eigenvalue weighted by atomic mass is 10.1. The summed E-state index contributed by atoms with van der Waals surface area (Å²) >= 11 is 0. The van der Waals surface area contributed by atoms with Crippen molar-refractivity contribution in [3.63, 3.8) is 0 Å². The van der Waals surface area contributed by atoms with E-state index in [1.54, 1.807) is 12.1 Å². The van der Waals surface area contributed by atoms with E-state index in [1.807, 2.05) is 23.8 Å². The van der Waals surface area contributed by atoms with Crippen LogP contribution in [0.3, 0.4) is 0 Å². The molecule has 2 rings (SSSR count). The van der Waals surface area contributed by atoms with Crippen LogP contribution in [0, 0.1) is 5.82 Å². The molecule has 0 bridgehead atoms. The van der Waals surface area contributed by atoms with Gasteiger partial charge in [0.25, 0.3) is 0 Å². The fourth-order valence-corrected chi connectivity index (χ4v) is 2.59. The Morgan fingerprint density at radius 1 is 1.25 bits per heavy atom. The summed E-state index contributed by atoms with van der Waals surface area (Å²) in [7, 11) is 1.94. The number of likely N-dealkylation sites (tertiary alicyclic amines) is 1. The number of carbonyl (C=O) groups is 1. The van der Waals surface area contributed by atoms with E-state index in [0.717, 1.165) is 31.5 Å². The van der Waals surface area contributed by atoms with E-state index < -0.39 is 0 Å². The lowest BCUT2D eigenvalue weighted by molar-refractivity contribution is -0.133. The van der Waals surface area contributed by atoms with Crippen molar-refractivity contribution in [1.29, 1.82) is 0 Å². The number of hydrogen-bond acceptors (Lipinski definition) is 2. The number of halogens is 1. The first-order chi connectivity index (χ1) is 9.58. The van der Waals surface area contributed by atoms with Crippen LogP contribution >= 0.6 is 0 Å². The third kappa shape index (κ3) is 3.79. The van der Waals surface area contributed by atoms with Gasteiger partial charge in [-0.15, -0.1) is 0 Å². The fraction of sp³-hybridized carbons (Fsp3) is 0.562. The fourth-order valence-electron chi connectivity index (χ4n) is 2.59. The van der Waals surface area contributed by atoms with Crippen LogP contribution in [0.25, 0.3) is 0 Å². The van der Waals surface area contributed by atoms with Crippen LogP contribution in [-0.4, -0.2) is 42.4 Å². The maximum Gasteiger partial charge on any atom is 0.236 e. The van der Waals surface area contributed by atoms with Gasteiger partial charge in [0.2, 0.25) is 5.91 Å². The molecule has 1 aromatic carbocycles. The normalized spacial score (nSPS) is 17.3. The molecule has 0 spiro atoms. The smallest absolute Gasteiger partial charge is 0.236 e. The Bertz CT molecular complexity index is 440. The molecule has 0 radical (unpaired) electrons. The predicted molar refractivity (Wildman–Crippen MR) is 77.9 cm³/mol. The minimum atomic E-state index is -0.229. The summed E-state index contributed by atoms with van der Waals surface area (Å²) in [4.78, 5) is 16.2. The zero-order valence-electron chi connectivity index (χ0n) is 12.3. The van der Waals surface area contributed by atoms with Gasteiger partial charge in [-0.1, -0.05) is 12.1 Å². The molecule has 0 aromatic heterocycles. The van der Waals surface area contributed by atoms with Crippen LogP contribution in [0.1, 0.15) is 37.8 Å². The molecule has 1 unspecified atom stereocenters. The lowest BCUT2D eigenvalue weighted by Crippen LogP contribution is -2.42. The molecule has 1 amide bonds. The molecule has 1 aliphatic heterocycles. The zero-order chi connectivity index (χ0) is 14.5. The molecular formula is C16H23FN2O. The Hall–Kier alpha value is -1.42. The average molecular weight is 278 g/mol. The number of nitrogens with zero attached hydrogens (tertiary/aromatic N) is 2. The monoisotopic (exact) mass is 278 g/mol. The highest BCUT2D eigenvalue weighted by molar-refractivity contribution is 5.78. The molecule has 1 aromatic rings. The summed E-state index contributed by atoms with van der Waals surface area (Å²) in [6, 6.07) is 6.59. The summed E-state index contributed by atoms with van der Waals surface area (Å²) in [5.41, 5.74) is 1.03. The van der Waals surface area contributed by atoms with Crippen molar-refractivity contribution >= 4 is 5.91 Å². The van der Waals surface area contributed by atoms with Gasteiger partial charge in [-0.05, 0) is 50.9 Å². The number of amides is 1. The molecule has 0 saturated carbocycles. The number of rotatable bonds is 4. The molecule has 110 valence electrons. The summed E-state index contributed by atoms with van der Waals surface area (Å²) in [5.74, 6) is -0.0332. The van der Waals surface area contributed by atoms with Crippen molar-refractivity contribution < 1.29 is 9.18 Å². The molecule has 3 nitrogen and oxygen atoms in total. The molecule has 1 heterocycles. The van der Waals surface area contributed by atoms with E-state index in [-0.39, 0.29) is 17.8 Å². The van der Waals surface area contributed by atoms with Gasteiger partial charge in [0.05, 0.1) is 6.54 Å². The average Bonchev–Trinajstić information content (AvgIpc) is 2.48. The third-order valence-corrected chi connectivity index (χ3v) is 4.11. The molecule has 4 heteroatoms. The van der Waals surface area contributed by atoms with Gasteiger partial charge in [0.15, 0.2) is 0 Å². The predicted octanol–water partition coefficient (Wildman–Crippen LogP) is 2.83. The molecule has 0 N–H and O–H groups in total. The Labute approximate surface area is 120 Å². The topological polar surface area (TPSA) is 23.6 Å². The highest BCUT2D eigenvalue weighted by Crippen LogP contribution is 2.19. The van der Waals surface area contributed by atoms with Gasteiger partial charge in [0, 0.05) is 19.1 Å². The molecule has 0 aliphatic carbocycles. The Morgan fingerprint density at radius 2 is 1.85 bits per heavy atom. The molecule has 1 atom stereocenters. The van der Waals surface area contributed by atoms with Crippen molar-refractivity contribution in [3.8, 4) is 0 Å². The van der Waals surface area contributed by atoms with Crippen molar-refractivity contribution in [3.05, 3.63) is 35.6 Å². The van der Waals surface area contributed by atoms with Gasteiger partial charge in [-0.2, -0.15) is 0 Å². The van der Waals surface area contributed by atoms with E-state index in [2.05, 4.69) is 0 Å². The minimum absolute atomic E-state index is 0.101. The van der Waals surface area contributed by atoms with E-state index >= 15 is 0 Å². The largest absolute Gasteiger partial charge is 0.342 e. The van der Waals surface area contributed by atoms with Crippen molar-refractivity contribution in [2.45, 2.75) is 32.2 Å². The maximum absolute atomic E-state index is 12.9. The van der Waals surface area contributed by atoms with Crippen LogP contribution < -0.4 is 0 Å². The zero-order valence-corrected chi connectivity index (χ0v) is 12.3. The summed E-state index contributed by atoms with van der Waals surface area (Å²) in [6.45, 7) is 4.23. The first kappa shape index (κ1) is 15.0. The molecule has 1 aliphatic rings. The number of hydrogen-bond donors (Lipinski definition) is 0. The Morgan fingerprint density at radius 3 is 2.45 bits per heavy atom. The molecule has 1 fully saturated rings. The second-order valence-corrected chi connectivity index (χ2v) is 5.58. The molecular weight excluding hydrogens is 255 g/mol. The van der Waals surface area contributed by atoms with Crippen LogP contribution in [0.2, 0.25) is 0 Å². The van der Waals surface area contributed by atoms with E-state index in [1.165, 1.54) is 18.6 Å². The second kappa shape index (κ2) is 6.84. The van der Waals surface area contributed by atoms with Gasteiger partial charge in [0.1, 0.15) is 5.82 Å². The Balaban J connectivity index is 1.91. The van der Waals surface area contributed by atoms with E-state index in [4.69, 9.17) is 0 Å². The Kier molecular flexibility index (Phi) is 5.12. The number of likely N-dealkylation sites (N-methyl/N-ethyl adjacent to an activating group) is 1. The highest BCUT2D eigenvalue weighted by Gasteiger charge is 2.20. The van der Waals surface area contributed by atoms with Crippen molar-refractivity contribution in [2.75, 3.05) is 26.7 Å². The maximum atomic E-state index is 12.9. The second-order valence-electron chi connectivity index (χ2n) is 5.58. The number of piperidine rings is 1. The van der Waals surface area contributed by atoms with Crippen LogP contribution in [0.5, 0.6) is 0 Å². The van der Waals surface area contributed by atoms with Crippen LogP contribution in [0.15, 0.2) is 24.3 Å². The SMILES string of the molecule is CC(c1ccc(F)cc1)N(C)CC(=O)N1CCCCC1. The van der Waals surface area contributed by atoms with Crippen LogP contribution in [0.4, 0.5) is 4.39 Å². The first-order valence-electron chi connectivity index (χ1n) is 7.31. The number of benzene rings is 1. The van der Waals surface area contributed by atoms with Crippen LogP contribution in [-0.2, 0) is 4.79 Å². The van der Waals surface area contributed by atoms with E-state index in [0.29, 0.717) is 6.54 Å². The summed E-state index contributed by atoms with van der Waals surface area (Å²) in [6.07, 6.45) is 3.46. The summed E-state index contributed by atoms with van der Waals surface area (Å²) in [5, 5.41) is 0. The van der Waals surface area contributed by atoms with Crippen molar-refractivity contribution in [1.82, 2.24) is 9.80 Å². The molecule has 20 heavy (non-hydrogen) atoms. The number of carbonyl (C=O) groups excluding carboxylic acids is 1. The first-order valence-corrected chi connectivity index (χ1v) is 7.31. The minimum Gasteiger partial charge on any atom is -0.342 e. The van der Waals surface area contributed by atoms with Gasteiger partial charge in [-0.3, -0.25) is 9.69 Å². The third-order valence-electron chi connectivity index (χ3n) is 4.11. The lowest BCUT2D eigenvalue weighted by Gasteiger charge is -2.31. The standard InChI is InChI=1S/C16H23FN2O/c1-13(14-6-8-15(17)9-7-14)18(2)12-16(20)19-10-4-3-5-11-19/h6-9,13H,3-5,10-12H2,1-2H3. The van der Waals surface area contributed by atoms with E-state index in [9.17, 15) is 9.18 Å². The molecule has 1 saturated heterocycles. The van der Waals surface area contributed by atoms with Gasteiger partial charge >= 0.3 is 0 Å². The summed E-state index contributed by atoms with van der Waals surface area (Å²) < 4.78 is 12.9. The van der Waals surface area contributed by atoms with Crippen molar-refractivity contribution in [2.24, 2.45) is 0 Å². The highest BCUT2D eigenvalue weighted by atomic mass is 19.1.